The van der Waals surface area contributed by atoms with Gasteiger partial charge in [-0.2, -0.15) is 0 Å². The van der Waals surface area contributed by atoms with E-state index in [1.165, 1.54) is 12.1 Å². The molecule has 0 radical (unpaired) electrons. The van der Waals surface area contributed by atoms with Crippen molar-refractivity contribution in [1.29, 1.82) is 0 Å². The van der Waals surface area contributed by atoms with Gasteiger partial charge in [0.15, 0.2) is 0 Å². The molecule has 0 spiro atoms. The van der Waals surface area contributed by atoms with E-state index in [1.54, 1.807) is 19.1 Å². The highest BCUT2D eigenvalue weighted by atomic mass is 19.1. The largest absolute Gasteiger partial charge is 0.394 e. The Kier molecular flexibility index (Phi) is 3.66. The molecule has 18 heavy (non-hydrogen) atoms. The molecule has 1 aliphatic carbocycles. The fraction of sp³-hybridized carbons (Fsp3) is 0.500. The number of halogens is 1. The molecule has 1 saturated carbocycles. The lowest BCUT2D eigenvalue weighted by Crippen LogP contribution is -2.52. The van der Waals surface area contributed by atoms with Crippen LogP contribution in [0.5, 0.6) is 0 Å². The summed E-state index contributed by atoms with van der Waals surface area (Å²) < 4.78 is 12.9. The van der Waals surface area contributed by atoms with E-state index in [-0.39, 0.29) is 24.4 Å². The average molecular weight is 251 g/mol. The molecule has 1 aliphatic rings. The second-order valence-corrected chi connectivity index (χ2v) is 5.00. The number of carbonyl (C=O) groups is 1. The number of aliphatic hydroxyl groups is 1. The molecule has 0 saturated heterocycles. The van der Waals surface area contributed by atoms with Crippen LogP contribution in [0.25, 0.3) is 0 Å². The van der Waals surface area contributed by atoms with Gasteiger partial charge in [-0.05, 0) is 37.5 Å². The molecule has 0 bridgehead atoms. The van der Waals surface area contributed by atoms with Crippen molar-refractivity contribution in [3.8, 4) is 0 Å². The monoisotopic (exact) mass is 251 g/mol. The van der Waals surface area contributed by atoms with Crippen LogP contribution in [0.4, 0.5) is 4.39 Å². The smallest absolute Gasteiger partial charge is 0.230 e. The highest BCUT2D eigenvalue weighted by Crippen LogP contribution is 2.44. The van der Waals surface area contributed by atoms with Crippen LogP contribution in [0, 0.1) is 5.82 Å². The van der Waals surface area contributed by atoms with E-state index in [1.807, 2.05) is 0 Å². The molecule has 1 aromatic rings. The van der Waals surface area contributed by atoms with Crippen molar-refractivity contribution in [2.75, 3.05) is 6.61 Å². The number of nitrogens with one attached hydrogen (secondary N) is 1. The predicted octanol–water partition coefficient (Wildman–Crippen LogP) is 1.74. The second kappa shape index (κ2) is 5.06. The van der Waals surface area contributed by atoms with Crippen LogP contribution in [-0.2, 0) is 10.2 Å². The van der Waals surface area contributed by atoms with Crippen LogP contribution >= 0.6 is 0 Å². The van der Waals surface area contributed by atoms with Gasteiger partial charge in [-0.1, -0.05) is 18.6 Å². The zero-order chi connectivity index (χ0) is 13.2. The van der Waals surface area contributed by atoms with Crippen molar-refractivity contribution in [3.63, 3.8) is 0 Å². The topological polar surface area (TPSA) is 49.3 Å². The van der Waals surface area contributed by atoms with Gasteiger partial charge in [0.05, 0.1) is 12.0 Å². The first-order chi connectivity index (χ1) is 8.58. The maximum atomic E-state index is 12.9. The Hall–Kier alpha value is -1.42. The number of carbonyl (C=O) groups excluding carboxylic acids is 1. The fourth-order valence-corrected chi connectivity index (χ4v) is 2.35. The Bertz CT molecular complexity index is 426. The summed E-state index contributed by atoms with van der Waals surface area (Å²) >= 11 is 0. The molecule has 0 aromatic heterocycles. The van der Waals surface area contributed by atoms with Gasteiger partial charge in [0.25, 0.3) is 0 Å². The number of benzene rings is 1. The normalized spacial score (nSPS) is 18.8. The molecule has 4 heteroatoms. The third-order valence-corrected chi connectivity index (χ3v) is 3.69. The lowest BCUT2D eigenvalue weighted by atomic mass is 9.63. The summed E-state index contributed by atoms with van der Waals surface area (Å²) in [7, 11) is 0. The standard InChI is InChI=1S/C14H18FNO2/c1-10(9-17)16-13(18)14(7-2-8-14)11-3-5-12(15)6-4-11/h3-6,10,17H,2,7-9H2,1H3,(H,16,18). The first-order valence-corrected chi connectivity index (χ1v) is 6.26. The van der Waals surface area contributed by atoms with E-state index in [0.717, 1.165) is 24.8 Å². The Morgan fingerprint density at radius 3 is 2.50 bits per heavy atom. The number of aliphatic hydroxyl groups excluding tert-OH is 1. The molecule has 0 heterocycles. The second-order valence-electron chi connectivity index (χ2n) is 5.00. The van der Waals surface area contributed by atoms with E-state index in [4.69, 9.17) is 5.11 Å². The number of amides is 1. The molecule has 3 nitrogen and oxygen atoms in total. The molecule has 0 aliphatic heterocycles. The van der Waals surface area contributed by atoms with E-state index < -0.39 is 5.41 Å². The van der Waals surface area contributed by atoms with Gasteiger partial charge < -0.3 is 10.4 Å². The average Bonchev–Trinajstić information content (AvgIpc) is 2.30. The fourth-order valence-electron chi connectivity index (χ4n) is 2.35. The number of hydrogen-bond donors (Lipinski definition) is 2. The van der Waals surface area contributed by atoms with E-state index >= 15 is 0 Å². The zero-order valence-electron chi connectivity index (χ0n) is 10.4. The summed E-state index contributed by atoms with van der Waals surface area (Å²) in [6.45, 7) is 1.68. The molecular formula is C14H18FNO2. The van der Waals surface area contributed by atoms with Crippen molar-refractivity contribution in [2.45, 2.75) is 37.6 Å². The molecule has 98 valence electrons. The molecule has 1 unspecified atom stereocenters. The van der Waals surface area contributed by atoms with Crippen LogP contribution in [0.15, 0.2) is 24.3 Å². The molecule has 2 N–H and O–H groups in total. The quantitative estimate of drug-likeness (QED) is 0.856. The Labute approximate surface area is 106 Å². The van der Waals surface area contributed by atoms with Crippen molar-refractivity contribution < 1.29 is 14.3 Å². The van der Waals surface area contributed by atoms with Crippen molar-refractivity contribution in [3.05, 3.63) is 35.6 Å². The molecule has 1 aromatic carbocycles. The Morgan fingerprint density at radius 2 is 2.06 bits per heavy atom. The summed E-state index contributed by atoms with van der Waals surface area (Å²) in [5.41, 5.74) is 0.328. The number of rotatable bonds is 4. The zero-order valence-corrected chi connectivity index (χ0v) is 10.4. The highest BCUT2D eigenvalue weighted by molar-refractivity contribution is 5.89. The summed E-state index contributed by atoms with van der Waals surface area (Å²) in [6.07, 6.45) is 2.56. The van der Waals surface area contributed by atoms with Crippen molar-refractivity contribution in [2.24, 2.45) is 0 Å². The molecule has 1 fully saturated rings. The third-order valence-electron chi connectivity index (χ3n) is 3.69. The van der Waals surface area contributed by atoms with E-state index in [2.05, 4.69) is 5.32 Å². The SMILES string of the molecule is CC(CO)NC(=O)C1(c2ccc(F)cc2)CCC1. The molecule has 1 amide bonds. The van der Waals surface area contributed by atoms with Gasteiger partial charge in [-0.15, -0.1) is 0 Å². The van der Waals surface area contributed by atoms with Gasteiger partial charge in [0, 0.05) is 6.04 Å². The highest BCUT2D eigenvalue weighted by Gasteiger charge is 2.45. The van der Waals surface area contributed by atoms with Gasteiger partial charge in [0.1, 0.15) is 5.82 Å². The summed E-state index contributed by atoms with van der Waals surface area (Å²) in [6, 6.07) is 5.88. The van der Waals surface area contributed by atoms with Crippen molar-refractivity contribution in [1.82, 2.24) is 5.32 Å². The van der Waals surface area contributed by atoms with Gasteiger partial charge in [-0.25, -0.2) is 4.39 Å². The predicted molar refractivity (Wildman–Crippen MR) is 66.6 cm³/mol. The minimum atomic E-state index is -0.531. The molecule has 2 rings (SSSR count). The third kappa shape index (κ3) is 2.25. The van der Waals surface area contributed by atoms with Gasteiger partial charge in [0.2, 0.25) is 5.91 Å². The minimum absolute atomic E-state index is 0.0677. The van der Waals surface area contributed by atoms with Crippen LogP contribution < -0.4 is 5.32 Å². The number of hydrogen-bond acceptors (Lipinski definition) is 2. The Morgan fingerprint density at radius 1 is 1.44 bits per heavy atom. The van der Waals surface area contributed by atoms with Crippen molar-refractivity contribution >= 4 is 5.91 Å². The first-order valence-electron chi connectivity index (χ1n) is 6.26. The van der Waals surface area contributed by atoms with Gasteiger partial charge >= 0.3 is 0 Å². The molecular weight excluding hydrogens is 233 g/mol. The maximum absolute atomic E-state index is 12.9. The van der Waals surface area contributed by atoms with Crippen LogP contribution in [0.3, 0.4) is 0 Å². The van der Waals surface area contributed by atoms with Crippen LogP contribution in [0.2, 0.25) is 0 Å². The molecule has 1 atom stereocenters. The van der Waals surface area contributed by atoms with Gasteiger partial charge in [-0.3, -0.25) is 4.79 Å². The summed E-state index contributed by atoms with van der Waals surface area (Å²) in [4.78, 5) is 12.3. The minimum Gasteiger partial charge on any atom is -0.394 e. The van der Waals surface area contributed by atoms with Crippen LogP contribution in [0.1, 0.15) is 31.7 Å². The first kappa shape index (κ1) is 13.0. The summed E-state index contributed by atoms with van der Waals surface area (Å²) in [5.74, 6) is -0.362. The maximum Gasteiger partial charge on any atom is 0.230 e. The lowest BCUT2D eigenvalue weighted by Gasteiger charge is -2.41. The lowest BCUT2D eigenvalue weighted by molar-refractivity contribution is -0.130. The Balaban J connectivity index is 2.20. The summed E-state index contributed by atoms with van der Waals surface area (Å²) in [5, 5.41) is 11.8. The van der Waals surface area contributed by atoms with Crippen LogP contribution in [-0.4, -0.2) is 23.7 Å². The van der Waals surface area contributed by atoms with E-state index in [0.29, 0.717) is 0 Å². The van der Waals surface area contributed by atoms with E-state index in [9.17, 15) is 9.18 Å².